The number of carbonyl (C=O) groups is 1. The van der Waals surface area contributed by atoms with Gasteiger partial charge in [0.15, 0.2) is 6.29 Å². The fourth-order valence-corrected chi connectivity index (χ4v) is 2.28. The zero-order valence-electron chi connectivity index (χ0n) is 9.64. The maximum atomic E-state index is 11.0. The van der Waals surface area contributed by atoms with E-state index in [0.717, 1.165) is 11.8 Å². The van der Waals surface area contributed by atoms with Crippen molar-refractivity contribution in [2.75, 3.05) is 5.88 Å². The lowest BCUT2D eigenvalue weighted by Gasteiger charge is -2.18. The van der Waals surface area contributed by atoms with E-state index in [4.69, 9.17) is 11.6 Å². The van der Waals surface area contributed by atoms with Crippen LogP contribution in [0.15, 0.2) is 24.4 Å². The number of carbonyl (C=O) groups excluding carboxylic acids is 1. The number of halogens is 1. The Bertz CT molecular complexity index is 552. The highest BCUT2D eigenvalue weighted by molar-refractivity contribution is 6.17. The molecule has 4 nitrogen and oxygen atoms in total. The molecule has 0 aliphatic heterocycles. The van der Waals surface area contributed by atoms with Gasteiger partial charge in [-0.1, -0.05) is 12.1 Å². The van der Waals surface area contributed by atoms with Crippen LogP contribution in [0.25, 0.3) is 10.9 Å². The molecule has 18 heavy (non-hydrogen) atoms. The lowest BCUT2D eigenvalue weighted by Crippen LogP contribution is -2.19. The van der Waals surface area contributed by atoms with E-state index in [9.17, 15) is 15.0 Å². The second-order valence-corrected chi connectivity index (χ2v) is 4.50. The van der Waals surface area contributed by atoms with Crippen LogP contribution in [0.1, 0.15) is 28.4 Å². The van der Waals surface area contributed by atoms with Crippen molar-refractivity contribution < 1.29 is 15.0 Å². The van der Waals surface area contributed by atoms with Crippen LogP contribution >= 0.6 is 11.6 Å². The van der Waals surface area contributed by atoms with Crippen LogP contribution in [0, 0.1) is 0 Å². The largest absolute Gasteiger partial charge is 0.390 e. The van der Waals surface area contributed by atoms with Gasteiger partial charge >= 0.3 is 0 Å². The van der Waals surface area contributed by atoms with Crippen LogP contribution in [-0.2, 0) is 0 Å². The molecule has 0 saturated heterocycles. The molecule has 3 N–H and O–H groups in total. The molecule has 2 unspecified atom stereocenters. The number of aromatic amines is 1. The number of rotatable bonds is 5. The van der Waals surface area contributed by atoms with Crippen LogP contribution < -0.4 is 0 Å². The van der Waals surface area contributed by atoms with Crippen LogP contribution in [-0.4, -0.2) is 33.5 Å². The average Bonchev–Trinajstić information content (AvgIpc) is 2.81. The summed E-state index contributed by atoms with van der Waals surface area (Å²) in [6.45, 7) is 0. The zero-order chi connectivity index (χ0) is 13.1. The molecule has 0 saturated carbocycles. The summed E-state index contributed by atoms with van der Waals surface area (Å²) in [6, 6.07) is 5.27. The van der Waals surface area contributed by atoms with Crippen molar-refractivity contribution in [3.8, 4) is 0 Å². The summed E-state index contributed by atoms with van der Waals surface area (Å²) < 4.78 is 0. The summed E-state index contributed by atoms with van der Waals surface area (Å²) in [4.78, 5) is 13.9. The van der Waals surface area contributed by atoms with Crippen molar-refractivity contribution in [3.05, 3.63) is 35.5 Å². The van der Waals surface area contributed by atoms with E-state index in [1.165, 1.54) is 0 Å². The number of aromatic nitrogens is 1. The van der Waals surface area contributed by atoms with E-state index < -0.39 is 12.2 Å². The van der Waals surface area contributed by atoms with Gasteiger partial charge in [-0.3, -0.25) is 4.79 Å². The summed E-state index contributed by atoms with van der Waals surface area (Å²) >= 11 is 5.55. The summed E-state index contributed by atoms with van der Waals surface area (Å²) in [6.07, 6.45) is 0.606. The monoisotopic (exact) mass is 267 g/mol. The smallest absolute Gasteiger partial charge is 0.152 e. The molecular formula is C13H14ClNO3. The topological polar surface area (TPSA) is 73.3 Å². The molecule has 0 amide bonds. The van der Waals surface area contributed by atoms with E-state index in [1.807, 2.05) is 6.07 Å². The van der Waals surface area contributed by atoms with Crippen molar-refractivity contribution in [3.63, 3.8) is 0 Å². The minimum absolute atomic E-state index is 0.266. The molecule has 2 aromatic rings. The minimum Gasteiger partial charge on any atom is -0.390 e. The fourth-order valence-electron chi connectivity index (χ4n) is 2.06. The minimum atomic E-state index is -1.05. The molecule has 2 atom stereocenters. The standard InChI is InChI=1S/C13H14ClNO3/c14-5-4-11(17)13(18)9-2-1-3-10-12(9)8(7-16)6-15-10/h1-3,6-7,11,13,15,17-18H,4-5H2. The van der Waals surface area contributed by atoms with Crippen molar-refractivity contribution in [1.29, 1.82) is 0 Å². The summed E-state index contributed by atoms with van der Waals surface area (Å²) in [5.74, 6) is 0.266. The Morgan fingerprint density at radius 1 is 1.39 bits per heavy atom. The van der Waals surface area contributed by atoms with E-state index >= 15 is 0 Å². The quantitative estimate of drug-likeness (QED) is 0.573. The Morgan fingerprint density at radius 3 is 2.83 bits per heavy atom. The van der Waals surface area contributed by atoms with Gasteiger partial charge in [-0.05, 0) is 18.1 Å². The first-order chi connectivity index (χ1) is 8.69. The Morgan fingerprint density at radius 2 is 2.17 bits per heavy atom. The second-order valence-electron chi connectivity index (χ2n) is 4.12. The summed E-state index contributed by atoms with van der Waals surface area (Å²) in [5, 5.41) is 20.6. The molecule has 0 radical (unpaired) electrons. The van der Waals surface area contributed by atoms with Gasteiger partial charge in [0.25, 0.3) is 0 Å². The van der Waals surface area contributed by atoms with Crippen LogP contribution in [0.5, 0.6) is 0 Å². The lowest BCUT2D eigenvalue weighted by molar-refractivity contribution is 0.0178. The molecule has 1 aromatic carbocycles. The van der Waals surface area contributed by atoms with Gasteiger partial charge in [0, 0.05) is 28.5 Å². The Balaban J connectivity index is 2.49. The number of alkyl halides is 1. The van der Waals surface area contributed by atoms with E-state index in [1.54, 1.807) is 18.3 Å². The predicted octanol–water partition coefficient (Wildman–Crippen LogP) is 2.00. The molecular weight excluding hydrogens is 254 g/mol. The lowest BCUT2D eigenvalue weighted by atomic mass is 9.97. The Labute approximate surface area is 109 Å². The SMILES string of the molecule is O=Cc1c[nH]c2cccc(C(O)C(O)CCCl)c12. The van der Waals surface area contributed by atoms with Crippen molar-refractivity contribution in [1.82, 2.24) is 4.98 Å². The highest BCUT2D eigenvalue weighted by Crippen LogP contribution is 2.29. The molecule has 0 aliphatic rings. The maximum Gasteiger partial charge on any atom is 0.152 e. The maximum absolute atomic E-state index is 11.0. The number of benzene rings is 1. The fraction of sp³-hybridized carbons (Fsp3) is 0.308. The van der Waals surface area contributed by atoms with Gasteiger partial charge in [0.2, 0.25) is 0 Å². The highest BCUT2D eigenvalue weighted by Gasteiger charge is 2.21. The number of H-pyrrole nitrogens is 1. The number of hydrogen-bond acceptors (Lipinski definition) is 3. The Hall–Kier alpha value is -1.36. The van der Waals surface area contributed by atoms with Crippen LogP contribution in [0.3, 0.4) is 0 Å². The molecule has 0 bridgehead atoms. The first kappa shape index (κ1) is 13.1. The highest BCUT2D eigenvalue weighted by atomic mass is 35.5. The first-order valence-corrected chi connectivity index (χ1v) is 6.19. The number of fused-ring (bicyclic) bond motifs is 1. The Kier molecular flexibility index (Phi) is 4.01. The molecule has 1 aromatic heterocycles. The number of hydrogen-bond donors (Lipinski definition) is 3. The molecule has 1 heterocycles. The van der Waals surface area contributed by atoms with Crippen LogP contribution in [0.4, 0.5) is 0 Å². The third kappa shape index (κ3) is 2.27. The summed E-state index contributed by atoms with van der Waals surface area (Å²) in [7, 11) is 0. The second kappa shape index (κ2) is 5.52. The molecule has 5 heteroatoms. The van der Waals surface area contributed by atoms with Gasteiger partial charge in [-0.25, -0.2) is 0 Å². The van der Waals surface area contributed by atoms with Gasteiger partial charge in [-0.2, -0.15) is 0 Å². The van der Waals surface area contributed by atoms with Gasteiger partial charge < -0.3 is 15.2 Å². The van der Waals surface area contributed by atoms with Crippen molar-refractivity contribution in [2.24, 2.45) is 0 Å². The van der Waals surface area contributed by atoms with Crippen molar-refractivity contribution >= 4 is 28.8 Å². The summed E-state index contributed by atoms with van der Waals surface area (Å²) in [5.41, 5.74) is 1.76. The molecule has 2 rings (SSSR count). The van der Waals surface area contributed by atoms with E-state index in [-0.39, 0.29) is 5.88 Å². The van der Waals surface area contributed by atoms with E-state index in [0.29, 0.717) is 22.9 Å². The average molecular weight is 268 g/mol. The number of aldehydes is 1. The predicted molar refractivity (Wildman–Crippen MR) is 70.0 cm³/mol. The molecule has 0 aliphatic carbocycles. The number of aliphatic hydroxyl groups excluding tert-OH is 2. The van der Waals surface area contributed by atoms with Crippen LogP contribution in [0.2, 0.25) is 0 Å². The van der Waals surface area contributed by atoms with Crippen molar-refractivity contribution in [2.45, 2.75) is 18.6 Å². The van der Waals surface area contributed by atoms with Gasteiger partial charge in [0.1, 0.15) is 6.10 Å². The third-order valence-electron chi connectivity index (χ3n) is 2.98. The molecule has 0 spiro atoms. The molecule has 0 fully saturated rings. The van der Waals surface area contributed by atoms with Gasteiger partial charge in [-0.15, -0.1) is 11.6 Å². The van der Waals surface area contributed by atoms with Gasteiger partial charge in [0.05, 0.1) is 6.10 Å². The van der Waals surface area contributed by atoms with E-state index in [2.05, 4.69) is 4.98 Å². The number of aliphatic hydroxyl groups is 2. The first-order valence-electron chi connectivity index (χ1n) is 5.66. The number of nitrogens with one attached hydrogen (secondary N) is 1. The normalized spacial score (nSPS) is 14.6. The molecule has 96 valence electrons. The zero-order valence-corrected chi connectivity index (χ0v) is 10.4. The third-order valence-corrected chi connectivity index (χ3v) is 3.20.